The molecule has 6 aromatic rings. The number of imidazole rings is 2. The number of benzene rings is 1. The molecule has 0 bridgehead atoms. The van der Waals surface area contributed by atoms with Crippen LogP contribution in [0.5, 0.6) is 0 Å². The summed E-state index contributed by atoms with van der Waals surface area (Å²) in [7, 11) is 0. The molecule has 3 N–H and O–H groups in total. The van der Waals surface area contributed by atoms with E-state index in [1.165, 1.54) is 0 Å². The monoisotopic (exact) mass is 517 g/mol. The molecular formula is C29H27N9O. The first-order valence-corrected chi connectivity index (χ1v) is 13.2. The van der Waals surface area contributed by atoms with E-state index in [1.807, 2.05) is 30.0 Å². The topological polar surface area (TPSA) is 130 Å². The number of aromatic nitrogens is 8. The molecule has 10 heteroatoms. The summed E-state index contributed by atoms with van der Waals surface area (Å²) in [5.41, 5.74) is 8.59. The van der Waals surface area contributed by atoms with E-state index in [9.17, 15) is 4.79 Å². The molecule has 5 aromatic heterocycles. The SMILES string of the molecule is CCc1cc(NC(=O)C2CCC2)cc(-c2cnc3n[nH]c(-c4nc5c(-n6cnc(C)c6)cncc5[nH]4)c3c2)c1. The van der Waals surface area contributed by atoms with Crippen molar-refractivity contribution < 1.29 is 4.79 Å². The molecule has 0 atom stereocenters. The Morgan fingerprint density at radius 3 is 2.77 bits per heavy atom. The zero-order valence-electron chi connectivity index (χ0n) is 21.7. The van der Waals surface area contributed by atoms with Gasteiger partial charge in [-0.3, -0.25) is 14.9 Å². The third-order valence-corrected chi connectivity index (χ3v) is 7.49. The Balaban J connectivity index is 1.28. The maximum absolute atomic E-state index is 12.6. The normalized spacial score (nSPS) is 13.7. The summed E-state index contributed by atoms with van der Waals surface area (Å²) in [4.78, 5) is 34.3. The molecule has 1 saturated carbocycles. The van der Waals surface area contributed by atoms with Crippen LogP contribution in [0, 0.1) is 12.8 Å². The fraction of sp³-hybridized carbons (Fsp3) is 0.241. The van der Waals surface area contributed by atoms with Crippen molar-refractivity contribution in [2.45, 2.75) is 39.5 Å². The molecule has 0 aliphatic heterocycles. The number of aromatic amines is 2. The summed E-state index contributed by atoms with van der Waals surface area (Å²) in [6.07, 6.45) is 13.0. The molecule has 1 amide bonds. The van der Waals surface area contributed by atoms with Crippen LogP contribution in [0.4, 0.5) is 5.69 Å². The van der Waals surface area contributed by atoms with Crippen LogP contribution in [0.15, 0.2) is 55.4 Å². The molecule has 1 aromatic carbocycles. The first kappa shape index (κ1) is 23.3. The molecule has 39 heavy (non-hydrogen) atoms. The average Bonchev–Trinajstić information content (AvgIpc) is 3.64. The molecule has 1 fully saturated rings. The van der Waals surface area contributed by atoms with E-state index in [4.69, 9.17) is 4.98 Å². The Hall–Kier alpha value is -4.86. The van der Waals surface area contributed by atoms with Gasteiger partial charge in [-0.05, 0) is 55.5 Å². The van der Waals surface area contributed by atoms with Crippen LogP contribution in [-0.4, -0.2) is 45.6 Å². The highest BCUT2D eigenvalue weighted by molar-refractivity contribution is 5.96. The van der Waals surface area contributed by atoms with Crippen molar-refractivity contribution in [3.05, 3.63) is 66.6 Å². The van der Waals surface area contributed by atoms with Crippen LogP contribution >= 0.6 is 0 Å². The van der Waals surface area contributed by atoms with Crippen molar-refractivity contribution >= 4 is 33.7 Å². The molecule has 0 unspecified atom stereocenters. The van der Waals surface area contributed by atoms with Crippen molar-refractivity contribution in [2.75, 3.05) is 5.32 Å². The summed E-state index contributed by atoms with van der Waals surface area (Å²) >= 11 is 0. The van der Waals surface area contributed by atoms with E-state index in [-0.39, 0.29) is 11.8 Å². The van der Waals surface area contributed by atoms with Crippen molar-refractivity contribution in [3.63, 3.8) is 0 Å². The molecule has 5 heterocycles. The smallest absolute Gasteiger partial charge is 0.227 e. The van der Waals surface area contributed by atoms with Crippen molar-refractivity contribution in [3.8, 4) is 28.3 Å². The zero-order chi connectivity index (χ0) is 26.5. The fourth-order valence-electron chi connectivity index (χ4n) is 5.07. The van der Waals surface area contributed by atoms with Crippen molar-refractivity contribution in [2.24, 2.45) is 5.92 Å². The van der Waals surface area contributed by atoms with Gasteiger partial charge < -0.3 is 14.9 Å². The zero-order valence-corrected chi connectivity index (χ0v) is 21.7. The van der Waals surface area contributed by atoms with Gasteiger partial charge in [0.1, 0.15) is 11.2 Å². The highest BCUT2D eigenvalue weighted by atomic mass is 16.1. The number of H-pyrrole nitrogens is 2. The molecule has 10 nitrogen and oxygen atoms in total. The number of nitrogens with zero attached hydrogens (tertiary/aromatic N) is 6. The molecule has 1 aliphatic rings. The van der Waals surface area contributed by atoms with Gasteiger partial charge in [-0.15, -0.1) is 0 Å². The predicted molar refractivity (Wildman–Crippen MR) is 149 cm³/mol. The fourth-order valence-corrected chi connectivity index (χ4v) is 5.07. The van der Waals surface area contributed by atoms with Gasteiger partial charge in [0.2, 0.25) is 5.91 Å². The Labute approximate surface area is 223 Å². The van der Waals surface area contributed by atoms with E-state index in [0.29, 0.717) is 11.5 Å². The van der Waals surface area contributed by atoms with Gasteiger partial charge in [-0.1, -0.05) is 19.4 Å². The highest BCUT2D eigenvalue weighted by Crippen LogP contribution is 2.33. The number of pyridine rings is 2. The lowest BCUT2D eigenvalue weighted by molar-refractivity contribution is -0.122. The van der Waals surface area contributed by atoms with Gasteiger partial charge >= 0.3 is 0 Å². The van der Waals surface area contributed by atoms with Gasteiger partial charge in [0.25, 0.3) is 0 Å². The number of hydrogen-bond acceptors (Lipinski definition) is 6. The Morgan fingerprint density at radius 2 is 2.00 bits per heavy atom. The Bertz CT molecular complexity index is 1860. The largest absolute Gasteiger partial charge is 0.335 e. The van der Waals surface area contributed by atoms with E-state index in [0.717, 1.165) is 81.6 Å². The summed E-state index contributed by atoms with van der Waals surface area (Å²) in [5, 5.41) is 11.5. The van der Waals surface area contributed by atoms with Crippen LogP contribution in [0.1, 0.15) is 37.4 Å². The van der Waals surface area contributed by atoms with Gasteiger partial charge in [0.15, 0.2) is 11.5 Å². The third-order valence-electron chi connectivity index (χ3n) is 7.49. The van der Waals surface area contributed by atoms with Crippen LogP contribution in [-0.2, 0) is 11.2 Å². The lowest BCUT2D eigenvalue weighted by atomic mass is 9.85. The second kappa shape index (κ2) is 9.16. The molecular weight excluding hydrogens is 490 g/mol. The molecule has 0 radical (unpaired) electrons. The number of carbonyl (C=O) groups is 1. The summed E-state index contributed by atoms with van der Waals surface area (Å²) < 4.78 is 1.92. The van der Waals surface area contributed by atoms with Crippen molar-refractivity contribution in [1.29, 1.82) is 0 Å². The highest BCUT2D eigenvalue weighted by Gasteiger charge is 2.25. The summed E-state index contributed by atoms with van der Waals surface area (Å²) in [5.74, 6) is 0.881. The number of amides is 1. The number of carbonyl (C=O) groups excluding carboxylic acids is 1. The summed E-state index contributed by atoms with van der Waals surface area (Å²) in [6.45, 7) is 4.06. The van der Waals surface area contributed by atoms with Gasteiger partial charge in [-0.25, -0.2) is 15.0 Å². The maximum Gasteiger partial charge on any atom is 0.227 e. The minimum atomic E-state index is 0.107. The van der Waals surface area contributed by atoms with Crippen LogP contribution in [0.2, 0.25) is 0 Å². The molecule has 0 spiro atoms. The van der Waals surface area contributed by atoms with E-state index in [1.54, 1.807) is 18.7 Å². The predicted octanol–water partition coefficient (Wildman–Crippen LogP) is 5.36. The number of fused-ring (bicyclic) bond motifs is 2. The average molecular weight is 518 g/mol. The molecule has 7 rings (SSSR count). The van der Waals surface area contributed by atoms with Gasteiger partial charge in [-0.2, -0.15) is 5.10 Å². The molecule has 1 aliphatic carbocycles. The number of nitrogens with one attached hydrogen (secondary N) is 3. The summed E-state index contributed by atoms with van der Waals surface area (Å²) in [6, 6.07) is 8.29. The van der Waals surface area contributed by atoms with Gasteiger partial charge in [0.05, 0.1) is 41.0 Å². The van der Waals surface area contributed by atoms with Crippen LogP contribution in [0.3, 0.4) is 0 Å². The first-order chi connectivity index (χ1) is 19.1. The van der Waals surface area contributed by atoms with Crippen LogP contribution in [0.25, 0.3) is 50.4 Å². The second-order valence-corrected chi connectivity index (χ2v) is 10.1. The minimum Gasteiger partial charge on any atom is -0.335 e. The van der Waals surface area contributed by atoms with Crippen molar-refractivity contribution in [1.82, 2.24) is 39.7 Å². The maximum atomic E-state index is 12.6. The van der Waals surface area contributed by atoms with Gasteiger partial charge in [0, 0.05) is 29.6 Å². The second-order valence-electron chi connectivity index (χ2n) is 10.1. The van der Waals surface area contributed by atoms with E-state index >= 15 is 0 Å². The number of rotatable bonds is 6. The quantitative estimate of drug-likeness (QED) is 0.273. The number of anilines is 1. The van der Waals surface area contributed by atoms with E-state index in [2.05, 4.69) is 60.6 Å². The minimum absolute atomic E-state index is 0.107. The van der Waals surface area contributed by atoms with Crippen LogP contribution < -0.4 is 5.32 Å². The van der Waals surface area contributed by atoms with E-state index < -0.39 is 0 Å². The molecule has 0 saturated heterocycles. The first-order valence-electron chi connectivity index (χ1n) is 13.2. The number of aryl methyl sites for hydroxylation is 2. The standard InChI is InChI=1S/C29H27N9O/c1-3-17-7-19(9-21(8-17)33-29(39)18-5-4-6-18)20-10-22-25(36-37-27(22)31-11-20)28-34-23-12-30-13-24(26(23)35-28)38-14-16(2)32-15-38/h7-15,18H,3-6H2,1-2H3,(H,33,39)(H,34,35)(H,31,36,37). The number of hydrogen-bond donors (Lipinski definition) is 3. The molecule has 194 valence electrons. The Kier molecular flexibility index (Phi) is 5.46. The third kappa shape index (κ3) is 4.14. The Morgan fingerprint density at radius 1 is 1.10 bits per heavy atom. The lowest BCUT2D eigenvalue weighted by Crippen LogP contribution is -2.28. The lowest BCUT2D eigenvalue weighted by Gasteiger charge is -2.24.